The van der Waals surface area contributed by atoms with Crippen LogP contribution in [-0.4, -0.2) is 31.7 Å². The Morgan fingerprint density at radius 3 is 2.47 bits per heavy atom. The zero-order valence-corrected chi connectivity index (χ0v) is 13.6. The number of ether oxygens (including phenoxy) is 1. The first-order valence-electron chi connectivity index (χ1n) is 6.72. The number of hydrogen-bond donors (Lipinski definition) is 1. The van der Waals surface area contributed by atoms with Gasteiger partial charge in [-0.3, -0.25) is 4.79 Å². The Hall–Kier alpha value is -1.10. The van der Waals surface area contributed by atoms with Gasteiger partial charge in [-0.15, -0.1) is 0 Å². The second-order valence-corrected chi connectivity index (χ2v) is 12.2. The third-order valence-electron chi connectivity index (χ3n) is 4.38. The Labute approximate surface area is 116 Å². The van der Waals surface area contributed by atoms with E-state index in [0.717, 1.165) is 0 Å². The van der Waals surface area contributed by atoms with Crippen molar-refractivity contribution in [1.29, 1.82) is 0 Å². The van der Waals surface area contributed by atoms with Crippen molar-refractivity contribution < 1.29 is 14.3 Å². The normalized spacial score (nSPS) is 21.7. The third kappa shape index (κ3) is 3.46. The molecule has 0 spiro atoms. The summed E-state index contributed by atoms with van der Waals surface area (Å²) in [6, 6.07) is -0.486. The fraction of sp³-hybridized carbons (Fsp3) is 0.714. The van der Waals surface area contributed by atoms with Gasteiger partial charge in [0.15, 0.2) is 0 Å². The largest absolute Gasteiger partial charge is 0.461 e. The van der Waals surface area contributed by atoms with Gasteiger partial charge in [-0.1, -0.05) is 46.5 Å². The van der Waals surface area contributed by atoms with E-state index in [1.54, 1.807) is 6.08 Å². The lowest BCUT2D eigenvalue weighted by Crippen LogP contribution is -2.52. The van der Waals surface area contributed by atoms with E-state index in [-0.39, 0.29) is 22.6 Å². The molecular formula is C14H25NO3Si. The zero-order chi connectivity index (χ0) is 14.8. The van der Waals surface area contributed by atoms with Gasteiger partial charge in [0.2, 0.25) is 5.91 Å². The van der Waals surface area contributed by atoms with Crippen molar-refractivity contribution in [2.45, 2.75) is 63.5 Å². The maximum Gasteiger partial charge on any atom is 0.328 e. The molecular weight excluding hydrogens is 258 g/mol. The summed E-state index contributed by atoms with van der Waals surface area (Å²) >= 11 is 0. The van der Waals surface area contributed by atoms with Crippen molar-refractivity contribution in [2.75, 3.05) is 0 Å². The van der Waals surface area contributed by atoms with Gasteiger partial charge in [0.1, 0.15) is 19.8 Å². The van der Waals surface area contributed by atoms with Crippen molar-refractivity contribution in [3.05, 3.63) is 12.7 Å². The lowest BCUT2D eigenvalue weighted by molar-refractivity contribution is -0.147. The minimum atomic E-state index is -1.84. The maximum atomic E-state index is 12.1. The molecule has 4 nitrogen and oxygen atoms in total. The van der Waals surface area contributed by atoms with E-state index in [1.165, 1.54) is 0 Å². The van der Waals surface area contributed by atoms with Gasteiger partial charge in [0.05, 0.1) is 0 Å². The van der Waals surface area contributed by atoms with Gasteiger partial charge in [0, 0.05) is 6.42 Å². The van der Waals surface area contributed by atoms with Crippen molar-refractivity contribution in [2.24, 2.45) is 0 Å². The van der Waals surface area contributed by atoms with Crippen molar-refractivity contribution in [3.8, 4) is 0 Å². The highest BCUT2D eigenvalue weighted by Crippen LogP contribution is 2.39. The van der Waals surface area contributed by atoms with Gasteiger partial charge >= 0.3 is 5.97 Å². The number of nitrogens with one attached hydrogen (secondary N) is 1. The summed E-state index contributed by atoms with van der Waals surface area (Å²) in [6.07, 6.45) is 2.66. The van der Waals surface area contributed by atoms with E-state index >= 15 is 0 Å². The number of esters is 1. The average Bonchev–Trinajstić information content (AvgIpc) is 2.70. The van der Waals surface area contributed by atoms with Crippen LogP contribution in [0.4, 0.5) is 0 Å². The number of rotatable bonds is 4. The topological polar surface area (TPSA) is 55.4 Å². The molecule has 1 amide bonds. The first kappa shape index (κ1) is 16.0. The lowest BCUT2D eigenvalue weighted by atomic mass is 10.2. The number of hydrogen-bond acceptors (Lipinski definition) is 3. The summed E-state index contributed by atoms with van der Waals surface area (Å²) in [5, 5.41) is 2.74. The number of carbonyl (C=O) groups is 2. The van der Waals surface area contributed by atoms with Crippen LogP contribution in [0.5, 0.6) is 0 Å². The molecule has 0 radical (unpaired) electrons. The monoisotopic (exact) mass is 283 g/mol. The first-order chi connectivity index (χ1) is 8.59. The number of carbonyl (C=O) groups excluding carboxylic acids is 2. The van der Waals surface area contributed by atoms with Crippen LogP contribution in [0.1, 0.15) is 33.6 Å². The molecule has 0 aromatic heterocycles. The predicted molar refractivity (Wildman–Crippen MR) is 78.4 cm³/mol. The smallest absolute Gasteiger partial charge is 0.328 e. The first-order valence-corrected chi connectivity index (χ1v) is 9.79. The van der Waals surface area contributed by atoms with Gasteiger partial charge in [-0.25, -0.2) is 4.79 Å². The molecule has 0 aliphatic carbocycles. The molecule has 0 bridgehead atoms. The van der Waals surface area contributed by atoms with Crippen LogP contribution in [0.15, 0.2) is 12.7 Å². The summed E-state index contributed by atoms with van der Waals surface area (Å²) in [5.41, 5.74) is -0.238. The Bertz CT molecular complexity index is 385. The Morgan fingerprint density at radius 1 is 1.53 bits per heavy atom. The summed E-state index contributed by atoms with van der Waals surface area (Å²) in [6.45, 7) is 14.7. The van der Waals surface area contributed by atoms with E-state index in [9.17, 15) is 9.59 Å². The van der Waals surface area contributed by atoms with Crippen LogP contribution in [-0.2, 0) is 14.3 Å². The molecule has 1 heterocycles. The number of amides is 1. The molecule has 2 atom stereocenters. The van der Waals surface area contributed by atoms with Gasteiger partial charge in [-0.2, -0.15) is 0 Å². The molecule has 1 N–H and O–H groups in total. The highest BCUT2D eigenvalue weighted by Gasteiger charge is 2.44. The molecule has 19 heavy (non-hydrogen) atoms. The quantitative estimate of drug-likeness (QED) is 0.490. The Kier molecular flexibility index (Phi) is 4.61. The van der Waals surface area contributed by atoms with E-state index in [0.29, 0.717) is 12.8 Å². The Balaban J connectivity index is 2.75. The predicted octanol–water partition coefficient (Wildman–Crippen LogP) is 2.41. The van der Waals surface area contributed by atoms with Crippen molar-refractivity contribution in [1.82, 2.24) is 5.32 Å². The summed E-state index contributed by atoms with van der Waals surface area (Å²) < 4.78 is 5.61. The van der Waals surface area contributed by atoms with Crippen LogP contribution < -0.4 is 5.32 Å². The van der Waals surface area contributed by atoms with Crippen LogP contribution in [0.2, 0.25) is 18.1 Å². The molecule has 5 heteroatoms. The molecule has 1 unspecified atom stereocenters. The summed E-state index contributed by atoms with van der Waals surface area (Å²) in [7, 11) is -1.84. The van der Waals surface area contributed by atoms with Gasteiger partial charge in [-0.05, 0) is 11.5 Å². The SMILES string of the molecule is C=C[C@@H](OC(=O)C1CCC(=O)N1)[Si](C)(C)C(C)(C)C. The van der Waals surface area contributed by atoms with E-state index < -0.39 is 14.1 Å². The molecule has 0 saturated carbocycles. The Morgan fingerprint density at radius 2 is 2.11 bits per heavy atom. The van der Waals surface area contributed by atoms with Crippen LogP contribution in [0.25, 0.3) is 0 Å². The summed E-state index contributed by atoms with van der Waals surface area (Å²) in [4.78, 5) is 23.2. The molecule has 108 valence electrons. The average molecular weight is 283 g/mol. The second-order valence-electron chi connectivity index (χ2n) is 6.72. The minimum Gasteiger partial charge on any atom is -0.461 e. The van der Waals surface area contributed by atoms with E-state index in [1.807, 2.05) is 0 Å². The van der Waals surface area contributed by atoms with Crippen molar-refractivity contribution >= 4 is 20.0 Å². The molecule has 1 aliphatic rings. The van der Waals surface area contributed by atoms with Crippen LogP contribution in [0.3, 0.4) is 0 Å². The van der Waals surface area contributed by atoms with Gasteiger partial charge < -0.3 is 10.1 Å². The van der Waals surface area contributed by atoms with E-state index in [2.05, 4.69) is 45.8 Å². The zero-order valence-electron chi connectivity index (χ0n) is 12.6. The van der Waals surface area contributed by atoms with Crippen LogP contribution >= 0.6 is 0 Å². The fourth-order valence-electron chi connectivity index (χ4n) is 1.91. The minimum absolute atomic E-state index is 0.0792. The molecule has 0 aromatic carbocycles. The molecule has 0 aromatic rings. The van der Waals surface area contributed by atoms with Crippen LogP contribution in [0, 0.1) is 0 Å². The van der Waals surface area contributed by atoms with Gasteiger partial charge in [0.25, 0.3) is 0 Å². The summed E-state index contributed by atoms with van der Waals surface area (Å²) in [5.74, 6) is -0.412. The second kappa shape index (κ2) is 5.49. The van der Waals surface area contributed by atoms with E-state index in [4.69, 9.17) is 4.74 Å². The molecule has 1 fully saturated rings. The highest BCUT2D eigenvalue weighted by atomic mass is 28.3. The standard InChI is InChI=1S/C14H25NO3Si/c1-7-12(19(5,6)14(2,3)4)18-13(17)10-8-9-11(16)15-10/h7,10,12H,1,8-9H2,2-6H3,(H,15,16)/t10?,12-/m0/s1. The molecule has 1 aliphatic heterocycles. The lowest BCUT2D eigenvalue weighted by Gasteiger charge is -2.41. The molecule has 1 rings (SSSR count). The third-order valence-corrected chi connectivity index (χ3v) is 10.0. The fourth-order valence-corrected chi connectivity index (χ4v) is 3.77. The maximum absolute atomic E-state index is 12.1. The van der Waals surface area contributed by atoms with Crippen molar-refractivity contribution in [3.63, 3.8) is 0 Å². The highest BCUT2D eigenvalue weighted by molar-refractivity contribution is 6.81. The molecule has 1 saturated heterocycles.